The van der Waals surface area contributed by atoms with Gasteiger partial charge in [-0.25, -0.2) is 4.98 Å². The summed E-state index contributed by atoms with van der Waals surface area (Å²) < 4.78 is 0. The molecule has 4 heteroatoms. The van der Waals surface area contributed by atoms with Crippen molar-refractivity contribution < 1.29 is 0 Å². The van der Waals surface area contributed by atoms with E-state index in [0.717, 1.165) is 19.6 Å². The van der Waals surface area contributed by atoms with Crippen LogP contribution < -0.4 is 10.2 Å². The topological polar surface area (TPSA) is 28.2 Å². The van der Waals surface area contributed by atoms with Gasteiger partial charge in [-0.2, -0.15) is 0 Å². The number of aryl methyl sites for hydroxylation is 1. The summed E-state index contributed by atoms with van der Waals surface area (Å²) >= 11 is 1.85. The first kappa shape index (κ1) is 16.4. The van der Waals surface area contributed by atoms with E-state index in [1.165, 1.54) is 22.1 Å². The summed E-state index contributed by atoms with van der Waals surface area (Å²) in [5, 5.41) is 4.73. The maximum atomic E-state index is 4.77. The molecule has 1 unspecified atom stereocenters. The molecular weight excluding hydrogens is 254 g/mol. The minimum Gasteiger partial charge on any atom is -0.348 e. The second kappa shape index (κ2) is 7.85. The van der Waals surface area contributed by atoms with Gasteiger partial charge in [0.15, 0.2) is 5.13 Å². The number of nitrogens with one attached hydrogen (secondary N) is 1. The lowest BCUT2D eigenvalue weighted by molar-refractivity contribution is 0.575. The van der Waals surface area contributed by atoms with Gasteiger partial charge >= 0.3 is 0 Å². The van der Waals surface area contributed by atoms with Crippen molar-refractivity contribution in [1.29, 1.82) is 0 Å². The van der Waals surface area contributed by atoms with Crippen LogP contribution in [-0.4, -0.2) is 24.6 Å². The number of thiazole rings is 1. The minimum atomic E-state index is 0.406. The third kappa shape index (κ3) is 4.77. The highest BCUT2D eigenvalue weighted by Crippen LogP contribution is 2.31. The lowest BCUT2D eigenvalue weighted by Crippen LogP contribution is -2.27. The van der Waals surface area contributed by atoms with Crippen molar-refractivity contribution in [3.05, 3.63) is 10.6 Å². The van der Waals surface area contributed by atoms with E-state index in [1.54, 1.807) is 0 Å². The van der Waals surface area contributed by atoms with Crippen LogP contribution in [0.2, 0.25) is 0 Å². The molecule has 0 radical (unpaired) electrons. The molecule has 110 valence electrons. The molecule has 0 aliphatic rings. The highest BCUT2D eigenvalue weighted by Gasteiger charge is 2.17. The fourth-order valence-corrected chi connectivity index (χ4v) is 3.33. The van der Waals surface area contributed by atoms with Crippen LogP contribution in [0.25, 0.3) is 0 Å². The van der Waals surface area contributed by atoms with Crippen LogP contribution in [0.1, 0.15) is 57.7 Å². The van der Waals surface area contributed by atoms with Crippen molar-refractivity contribution >= 4 is 16.5 Å². The second-order valence-electron chi connectivity index (χ2n) is 5.55. The van der Waals surface area contributed by atoms with Crippen molar-refractivity contribution in [1.82, 2.24) is 10.3 Å². The Kier molecular flexibility index (Phi) is 6.80. The summed E-state index contributed by atoms with van der Waals surface area (Å²) in [6, 6.07) is 0.406. The van der Waals surface area contributed by atoms with E-state index in [1.807, 2.05) is 11.3 Å². The first-order valence-corrected chi connectivity index (χ1v) is 8.26. The van der Waals surface area contributed by atoms with E-state index in [9.17, 15) is 0 Å². The normalized spacial score (nSPS) is 13.0. The Morgan fingerprint density at radius 3 is 2.47 bits per heavy atom. The Balaban J connectivity index is 2.81. The average Bonchev–Trinajstić information content (AvgIpc) is 2.74. The summed E-state index contributed by atoms with van der Waals surface area (Å²) in [7, 11) is 0. The summed E-state index contributed by atoms with van der Waals surface area (Å²) in [4.78, 5) is 8.54. The smallest absolute Gasteiger partial charge is 0.185 e. The zero-order valence-corrected chi connectivity index (χ0v) is 14.1. The molecule has 0 aliphatic heterocycles. The van der Waals surface area contributed by atoms with Crippen LogP contribution in [0.4, 0.5) is 5.13 Å². The predicted molar refractivity (Wildman–Crippen MR) is 86.3 cm³/mol. The molecule has 19 heavy (non-hydrogen) atoms. The van der Waals surface area contributed by atoms with Crippen molar-refractivity contribution in [3.63, 3.8) is 0 Å². The fraction of sp³-hybridized carbons (Fsp3) is 0.800. The molecule has 3 nitrogen and oxygen atoms in total. The van der Waals surface area contributed by atoms with Gasteiger partial charge in [0.1, 0.15) is 0 Å². The molecule has 1 heterocycles. The monoisotopic (exact) mass is 283 g/mol. The highest BCUT2D eigenvalue weighted by molar-refractivity contribution is 7.15. The number of nitrogens with zero attached hydrogens (tertiary/aromatic N) is 2. The zero-order valence-electron chi connectivity index (χ0n) is 13.3. The molecular formula is C15H29N3S. The van der Waals surface area contributed by atoms with Crippen LogP contribution in [0.5, 0.6) is 0 Å². The second-order valence-corrected chi connectivity index (χ2v) is 6.56. The Labute approximate surface area is 122 Å². The molecule has 1 aromatic rings. The zero-order chi connectivity index (χ0) is 14.4. The Hall–Kier alpha value is -0.610. The Morgan fingerprint density at radius 1 is 1.26 bits per heavy atom. The summed E-state index contributed by atoms with van der Waals surface area (Å²) in [6.45, 7) is 16.5. The standard InChI is InChI=1S/C15H29N3S/c1-7-9-16-12(5)14-13(6)17-15(19-14)18(8-2)10-11(3)4/h11-12,16H,7-10H2,1-6H3. The quantitative estimate of drug-likeness (QED) is 0.782. The average molecular weight is 283 g/mol. The van der Waals surface area contributed by atoms with Gasteiger partial charge in [0.05, 0.1) is 5.69 Å². The first-order valence-electron chi connectivity index (χ1n) is 7.45. The summed E-state index contributed by atoms with van der Waals surface area (Å²) in [6.07, 6.45) is 1.17. The van der Waals surface area contributed by atoms with Gasteiger partial charge < -0.3 is 10.2 Å². The van der Waals surface area contributed by atoms with E-state index in [-0.39, 0.29) is 0 Å². The molecule has 0 saturated heterocycles. The van der Waals surface area contributed by atoms with Crippen LogP contribution in [0.3, 0.4) is 0 Å². The number of hydrogen-bond donors (Lipinski definition) is 1. The van der Waals surface area contributed by atoms with Crippen LogP contribution in [0.15, 0.2) is 0 Å². The van der Waals surface area contributed by atoms with E-state index in [2.05, 4.69) is 51.8 Å². The van der Waals surface area contributed by atoms with E-state index in [4.69, 9.17) is 4.98 Å². The van der Waals surface area contributed by atoms with Gasteiger partial charge in [0.25, 0.3) is 0 Å². The molecule has 0 aliphatic carbocycles. The molecule has 1 atom stereocenters. The summed E-state index contributed by atoms with van der Waals surface area (Å²) in [5.74, 6) is 0.670. The van der Waals surface area contributed by atoms with Crippen molar-refractivity contribution in [3.8, 4) is 0 Å². The molecule has 0 fully saturated rings. The third-order valence-corrected chi connectivity index (χ3v) is 4.55. The lowest BCUT2D eigenvalue weighted by atomic mass is 10.2. The van der Waals surface area contributed by atoms with Gasteiger partial charge in [-0.15, -0.1) is 11.3 Å². The number of hydrogen-bond acceptors (Lipinski definition) is 4. The Bertz CT molecular complexity index is 373. The fourth-order valence-electron chi connectivity index (χ4n) is 2.17. The van der Waals surface area contributed by atoms with Crippen LogP contribution >= 0.6 is 11.3 Å². The largest absolute Gasteiger partial charge is 0.348 e. The molecule has 1 N–H and O–H groups in total. The van der Waals surface area contributed by atoms with Crippen molar-refractivity contribution in [2.75, 3.05) is 24.5 Å². The predicted octanol–water partition coefficient (Wildman–Crippen LogP) is 3.99. The number of rotatable bonds is 8. The molecule has 0 bridgehead atoms. The number of aromatic nitrogens is 1. The van der Waals surface area contributed by atoms with Gasteiger partial charge in [0.2, 0.25) is 0 Å². The summed E-state index contributed by atoms with van der Waals surface area (Å²) in [5.41, 5.74) is 1.18. The minimum absolute atomic E-state index is 0.406. The molecule has 1 rings (SSSR count). The van der Waals surface area contributed by atoms with Gasteiger partial charge in [0, 0.05) is 24.0 Å². The number of anilines is 1. The van der Waals surface area contributed by atoms with Crippen LogP contribution in [-0.2, 0) is 0 Å². The van der Waals surface area contributed by atoms with Gasteiger partial charge in [-0.3, -0.25) is 0 Å². The maximum Gasteiger partial charge on any atom is 0.185 e. The molecule has 0 amide bonds. The van der Waals surface area contributed by atoms with Gasteiger partial charge in [-0.1, -0.05) is 20.8 Å². The first-order chi connectivity index (χ1) is 8.99. The van der Waals surface area contributed by atoms with E-state index in [0.29, 0.717) is 12.0 Å². The Morgan fingerprint density at radius 2 is 1.95 bits per heavy atom. The maximum absolute atomic E-state index is 4.77. The van der Waals surface area contributed by atoms with E-state index >= 15 is 0 Å². The van der Waals surface area contributed by atoms with E-state index < -0.39 is 0 Å². The van der Waals surface area contributed by atoms with Gasteiger partial charge in [-0.05, 0) is 39.7 Å². The van der Waals surface area contributed by atoms with Crippen molar-refractivity contribution in [2.45, 2.75) is 54.0 Å². The highest BCUT2D eigenvalue weighted by atomic mass is 32.1. The molecule has 0 spiro atoms. The molecule has 1 aromatic heterocycles. The molecule has 0 saturated carbocycles. The van der Waals surface area contributed by atoms with Crippen LogP contribution in [0, 0.1) is 12.8 Å². The molecule has 0 aromatic carbocycles. The van der Waals surface area contributed by atoms with Crippen molar-refractivity contribution in [2.24, 2.45) is 5.92 Å². The third-order valence-electron chi connectivity index (χ3n) is 3.15. The lowest BCUT2D eigenvalue weighted by Gasteiger charge is -2.21. The SMILES string of the molecule is CCCNC(C)c1sc(N(CC)CC(C)C)nc1C.